The van der Waals surface area contributed by atoms with Crippen LogP contribution in [0.4, 0.5) is 22.0 Å². The first-order valence-corrected chi connectivity index (χ1v) is 4.46. The minimum Gasteiger partial charge on any atom is -0.328 e. The summed E-state index contributed by atoms with van der Waals surface area (Å²) in [6.07, 6.45) is 0. The van der Waals surface area contributed by atoms with Crippen LogP contribution in [0.1, 0.15) is 10.4 Å². The summed E-state index contributed by atoms with van der Waals surface area (Å²) in [7, 11) is 0.990. The summed E-state index contributed by atoms with van der Waals surface area (Å²) in [6.45, 7) is -0.557. The van der Waals surface area contributed by atoms with E-state index in [1.807, 2.05) is 0 Å². The smallest absolute Gasteiger partial charge is 0.260 e. The molecule has 1 amide bonds. The summed E-state index contributed by atoms with van der Waals surface area (Å²) in [5.74, 6) is -12.7. The number of nitriles is 1. The third-order valence-electron chi connectivity index (χ3n) is 2.08. The third kappa shape index (κ3) is 2.11. The lowest BCUT2D eigenvalue weighted by atomic mass is 10.1. The lowest BCUT2D eigenvalue weighted by molar-refractivity contribution is 0.0799. The number of hydrogen-bond donors (Lipinski definition) is 0. The number of rotatable bonds is 2. The second-order valence-corrected chi connectivity index (χ2v) is 3.26. The largest absolute Gasteiger partial charge is 0.328 e. The summed E-state index contributed by atoms with van der Waals surface area (Å²) in [4.78, 5) is 12.0. The van der Waals surface area contributed by atoms with E-state index in [1.54, 1.807) is 0 Å². The van der Waals surface area contributed by atoms with E-state index in [1.165, 1.54) is 6.07 Å². The summed E-state index contributed by atoms with van der Waals surface area (Å²) < 4.78 is 64.7. The average molecular weight is 264 g/mol. The zero-order valence-corrected chi connectivity index (χ0v) is 8.90. The fraction of sp³-hybridized carbons (Fsp3) is 0.200. The van der Waals surface area contributed by atoms with Crippen LogP contribution in [0.3, 0.4) is 0 Å². The van der Waals surface area contributed by atoms with Crippen molar-refractivity contribution in [3.8, 4) is 6.07 Å². The molecule has 0 aliphatic heterocycles. The normalized spacial score (nSPS) is 10.1. The molecule has 0 aliphatic carbocycles. The molecule has 0 unspecified atom stereocenters. The maximum absolute atomic E-state index is 13.2. The highest BCUT2D eigenvalue weighted by molar-refractivity contribution is 5.94. The Morgan fingerprint density at radius 3 is 1.83 bits per heavy atom. The zero-order chi connectivity index (χ0) is 14.0. The van der Waals surface area contributed by atoms with Crippen LogP contribution >= 0.6 is 0 Å². The fourth-order valence-corrected chi connectivity index (χ4v) is 1.16. The van der Waals surface area contributed by atoms with Gasteiger partial charge in [-0.15, -0.1) is 0 Å². The van der Waals surface area contributed by atoms with E-state index in [0.717, 1.165) is 7.05 Å². The molecule has 3 nitrogen and oxygen atoms in total. The van der Waals surface area contributed by atoms with E-state index in [2.05, 4.69) is 0 Å². The van der Waals surface area contributed by atoms with Gasteiger partial charge in [0.2, 0.25) is 5.82 Å². The summed E-state index contributed by atoms with van der Waals surface area (Å²) >= 11 is 0. The van der Waals surface area contributed by atoms with E-state index in [4.69, 9.17) is 5.26 Å². The molecule has 0 spiro atoms. The maximum Gasteiger partial charge on any atom is 0.260 e. The predicted molar refractivity (Wildman–Crippen MR) is 48.8 cm³/mol. The Kier molecular flexibility index (Phi) is 3.86. The number of carbonyl (C=O) groups excluding carboxylic acids is 1. The number of carbonyl (C=O) groups is 1. The van der Waals surface area contributed by atoms with Crippen LogP contribution in [0.25, 0.3) is 0 Å². The molecule has 0 fully saturated rings. The monoisotopic (exact) mass is 264 g/mol. The molecular weight excluding hydrogens is 259 g/mol. The standard InChI is InChI=1S/C10H5F5N2O/c1-17(3-2-16)10(18)4-5(11)7(13)9(15)8(14)6(4)12/h3H2,1H3. The molecule has 18 heavy (non-hydrogen) atoms. The van der Waals surface area contributed by atoms with Gasteiger partial charge < -0.3 is 4.90 Å². The van der Waals surface area contributed by atoms with Crippen molar-refractivity contribution >= 4 is 5.91 Å². The van der Waals surface area contributed by atoms with Crippen molar-refractivity contribution in [2.45, 2.75) is 0 Å². The van der Waals surface area contributed by atoms with E-state index in [-0.39, 0.29) is 0 Å². The summed E-state index contributed by atoms with van der Waals surface area (Å²) in [6, 6.07) is 1.50. The van der Waals surface area contributed by atoms with Gasteiger partial charge >= 0.3 is 0 Å². The number of nitrogens with zero attached hydrogens (tertiary/aromatic N) is 2. The van der Waals surface area contributed by atoms with Gasteiger partial charge in [0.15, 0.2) is 23.3 Å². The van der Waals surface area contributed by atoms with Gasteiger partial charge in [-0.2, -0.15) is 5.26 Å². The molecule has 0 atom stereocenters. The molecule has 0 aromatic heterocycles. The Morgan fingerprint density at radius 2 is 1.44 bits per heavy atom. The van der Waals surface area contributed by atoms with Crippen molar-refractivity contribution in [3.05, 3.63) is 34.6 Å². The van der Waals surface area contributed by atoms with Crippen LogP contribution in [0.15, 0.2) is 0 Å². The van der Waals surface area contributed by atoms with Crippen LogP contribution in [0.5, 0.6) is 0 Å². The first-order valence-electron chi connectivity index (χ1n) is 4.46. The number of halogens is 5. The van der Waals surface area contributed by atoms with Gasteiger partial charge in [0.1, 0.15) is 12.1 Å². The molecule has 96 valence electrons. The molecule has 1 aromatic carbocycles. The van der Waals surface area contributed by atoms with Crippen LogP contribution in [-0.2, 0) is 0 Å². The van der Waals surface area contributed by atoms with Crippen molar-refractivity contribution in [1.29, 1.82) is 5.26 Å². The minimum atomic E-state index is -2.34. The van der Waals surface area contributed by atoms with Gasteiger partial charge in [-0.3, -0.25) is 4.79 Å². The van der Waals surface area contributed by atoms with Crippen LogP contribution in [0, 0.1) is 40.4 Å². The number of benzene rings is 1. The van der Waals surface area contributed by atoms with E-state index >= 15 is 0 Å². The van der Waals surface area contributed by atoms with Gasteiger partial charge in [0.05, 0.1) is 6.07 Å². The Hall–Kier alpha value is -2.17. The zero-order valence-electron chi connectivity index (χ0n) is 8.90. The molecule has 0 saturated carbocycles. The van der Waals surface area contributed by atoms with Crippen LogP contribution in [-0.4, -0.2) is 24.4 Å². The molecular formula is C10H5F5N2O. The van der Waals surface area contributed by atoms with Crippen molar-refractivity contribution in [3.63, 3.8) is 0 Å². The van der Waals surface area contributed by atoms with Crippen LogP contribution in [0.2, 0.25) is 0 Å². The quantitative estimate of drug-likeness (QED) is 0.355. The van der Waals surface area contributed by atoms with Gasteiger partial charge in [0, 0.05) is 7.05 Å². The molecule has 0 heterocycles. The van der Waals surface area contributed by atoms with Crippen LogP contribution < -0.4 is 0 Å². The number of hydrogen-bond acceptors (Lipinski definition) is 2. The highest BCUT2D eigenvalue weighted by atomic mass is 19.2. The Bertz CT molecular complexity index is 523. The average Bonchev–Trinajstić information content (AvgIpc) is 2.34. The fourth-order valence-electron chi connectivity index (χ4n) is 1.16. The highest BCUT2D eigenvalue weighted by Crippen LogP contribution is 2.23. The molecule has 0 aliphatic rings. The number of amides is 1. The van der Waals surface area contributed by atoms with Gasteiger partial charge in [0.25, 0.3) is 5.91 Å². The van der Waals surface area contributed by atoms with Gasteiger partial charge in [-0.1, -0.05) is 0 Å². The topological polar surface area (TPSA) is 44.1 Å². The third-order valence-corrected chi connectivity index (χ3v) is 2.08. The Balaban J connectivity index is 3.43. The Labute approximate surface area is 98.0 Å². The molecule has 1 aromatic rings. The molecule has 0 bridgehead atoms. The molecule has 0 N–H and O–H groups in total. The van der Waals surface area contributed by atoms with E-state index < -0.39 is 47.1 Å². The highest BCUT2D eigenvalue weighted by Gasteiger charge is 2.31. The SMILES string of the molecule is CN(CC#N)C(=O)c1c(F)c(F)c(F)c(F)c1F. The second-order valence-electron chi connectivity index (χ2n) is 3.26. The summed E-state index contributed by atoms with van der Waals surface area (Å²) in [5, 5.41) is 8.28. The van der Waals surface area contributed by atoms with E-state index in [9.17, 15) is 26.7 Å². The van der Waals surface area contributed by atoms with Crippen molar-refractivity contribution in [1.82, 2.24) is 4.90 Å². The van der Waals surface area contributed by atoms with Crippen molar-refractivity contribution in [2.75, 3.05) is 13.6 Å². The van der Waals surface area contributed by atoms with E-state index in [0.29, 0.717) is 4.90 Å². The lowest BCUT2D eigenvalue weighted by Gasteiger charge is -2.14. The minimum absolute atomic E-state index is 0.526. The Morgan fingerprint density at radius 1 is 1.06 bits per heavy atom. The first kappa shape index (κ1) is 13.9. The maximum atomic E-state index is 13.2. The predicted octanol–water partition coefficient (Wildman–Crippen LogP) is 1.98. The van der Waals surface area contributed by atoms with Crippen molar-refractivity contribution < 1.29 is 26.7 Å². The molecule has 1 rings (SSSR count). The summed E-state index contributed by atoms with van der Waals surface area (Å²) in [5.41, 5.74) is -1.58. The second kappa shape index (κ2) is 5.00. The van der Waals surface area contributed by atoms with Gasteiger partial charge in [-0.25, -0.2) is 22.0 Å². The first-order chi connectivity index (χ1) is 8.32. The van der Waals surface area contributed by atoms with Gasteiger partial charge in [-0.05, 0) is 0 Å². The lowest BCUT2D eigenvalue weighted by Crippen LogP contribution is -2.29. The molecule has 0 saturated heterocycles. The van der Waals surface area contributed by atoms with Crippen molar-refractivity contribution in [2.24, 2.45) is 0 Å². The molecule has 0 radical (unpaired) electrons. The molecule has 8 heteroatoms.